The predicted octanol–water partition coefficient (Wildman–Crippen LogP) is 3.99. The van der Waals surface area contributed by atoms with Crippen molar-refractivity contribution in [3.05, 3.63) is 60.7 Å². The summed E-state index contributed by atoms with van der Waals surface area (Å²) in [6.07, 6.45) is 0. The second-order valence-corrected chi connectivity index (χ2v) is 3.55. The smallest absolute Gasteiger partial charge is 0 e. The molecule has 0 bridgehead atoms. The van der Waals surface area contributed by atoms with E-state index < -0.39 is 0 Å². The molecule has 0 aliphatic heterocycles. The van der Waals surface area contributed by atoms with E-state index in [1.54, 1.807) is 0 Å². The zero-order valence-electron chi connectivity index (χ0n) is 8.08. The van der Waals surface area contributed by atoms with E-state index in [0.29, 0.717) is 0 Å². The first-order valence-corrected chi connectivity index (χ1v) is 4.81. The van der Waals surface area contributed by atoms with E-state index in [9.17, 15) is 0 Å². The van der Waals surface area contributed by atoms with Crippen molar-refractivity contribution in [2.75, 3.05) is 0 Å². The summed E-state index contributed by atoms with van der Waals surface area (Å²) < 4.78 is 0. The summed E-state index contributed by atoms with van der Waals surface area (Å²) in [5.74, 6) is 0. The Balaban J connectivity index is 0.000000853. The molecular weight excluding hydrogens is 232 g/mol. The van der Waals surface area contributed by atoms with Gasteiger partial charge in [0.15, 0.2) is 0 Å². The predicted molar refractivity (Wildman–Crippen MR) is 61.5 cm³/mol. The summed E-state index contributed by atoms with van der Waals surface area (Å²) >= 11 is 0. The number of fused-ring (bicyclic) bond motifs is 2. The number of hydrogen-bond acceptors (Lipinski definition) is 0. The Morgan fingerprint density at radius 2 is 0.733 bits per heavy atom. The first-order chi connectivity index (χ1) is 6.93. The monoisotopic (exact) mass is 241 g/mol. The minimum atomic E-state index is 0. The molecule has 0 aromatic heterocycles. The quantitative estimate of drug-likeness (QED) is 0.412. The van der Waals surface area contributed by atoms with Crippen molar-refractivity contribution >= 4 is 21.5 Å². The van der Waals surface area contributed by atoms with Crippen molar-refractivity contribution in [1.29, 1.82) is 0 Å². The van der Waals surface area contributed by atoms with E-state index in [-0.39, 0.29) is 17.1 Å². The van der Waals surface area contributed by atoms with E-state index in [0.717, 1.165) is 0 Å². The Bertz CT molecular complexity index is 494. The maximum Gasteiger partial charge on any atom is 0 e. The van der Waals surface area contributed by atoms with Gasteiger partial charge in [-0.3, -0.25) is 0 Å². The van der Waals surface area contributed by atoms with E-state index in [1.807, 2.05) is 0 Å². The standard InChI is InChI=1S/C14H10.Cu/c1-2-6-12-10-14-8-4-3-7-13(14)9-11(12)5-1;/h1-10H;. The van der Waals surface area contributed by atoms with E-state index >= 15 is 0 Å². The van der Waals surface area contributed by atoms with Crippen molar-refractivity contribution in [2.24, 2.45) is 0 Å². The molecule has 0 saturated carbocycles. The zero-order chi connectivity index (χ0) is 9.38. The SMILES string of the molecule is [Cu].c1ccc2cc3ccccc3cc2c1. The third kappa shape index (κ3) is 1.77. The summed E-state index contributed by atoms with van der Waals surface area (Å²) in [6.45, 7) is 0. The second-order valence-electron chi connectivity index (χ2n) is 3.55. The topological polar surface area (TPSA) is 0 Å². The van der Waals surface area contributed by atoms with E-state index in [1.165, 1.54) is 21.5 Å². The second kappa shape index (κ2) is 4.06. The van der Waals surface area contributed by atoms with Gasteiger partial charge >= 0.3 is 0 Å². The molecule has 0 aliphatic carbocycles. The molecule has 0 heterocycles. The molecule has 1 heteroatoms. The largest absolute Gasteiger partial charge is 0.0616 e. The fourth-order valence-corrected chi connectivity index (χ4v) is 1.88. The van der Waals surface area contributed by atoms with Crippen LogP contribution >= 0.6 is 0 Å². The Kier molecular flexibility index (Phi) is 2.77. The molecule has 1 radical (unpaired) electrons. The molecule has 0 saturated heterocycles. The zero-order valence-corrected chi connectivity index (χ0v) is 9.02. The fourth-order valence-electron chi connectivity index (χ4n) is 1.88. The van der Waals surface area contributed by atoms with Crippen LogP contribution in [0.5, 0.6) is 0 Å². The van der Waals surface area contributed by atoms with Gasteiger partial charge in [0.25, 0.3) is 0 Å². The molecule has 3 aromatic rings. The molecule has 77 valence electrons. The number of benzene rings is 3. The first kappa shape index (κ1) is 10.2. The minimum absolute atomic E-state index is 0. The van der Waals surface area contributed by atoms with Crippen molar-refractivity contribution < 1.29 is 17.1 Å². The summed E-state index contributed by atoms with van der Waals surface area (Å²) in [5, 5.41) is 5.25. The first-order valence-electron chi connectivity index (χ1n) is 4.81. The molecule has 3 aromatic carbocycles. The Labute approximate surface area is 99.4 Å². The van der Waals surface area contributed by atoms with Crippen molar-refractivity contribution in [1.82, 2.24) is 0 Å². The van der Waals surface area contributed by atoms with E-state index in [4.69, 9.17) is 0 Å². The molecule has 3 rings (SSSR count). The van der Waals surface area contributed by atoms with Crippen LogP contribution in [0.4, 0.5) is 0 Å². The van der Waals surface area contributed by atoms with Crippen molar-refractivity contribution in [3.63, 3.8) is 0 Å². The molecule has 0 amide bonds. The van der Waals surface area contributed by atoms with Crippen LogP contribution in [-0.4, -0.2) is 0 Å². The van der Waals surface area contributed by atoms with Gasteiger partial charge in [-0.1, -0.05) is 48.5 Å². The maximum atomic E-state index is 2.24. The summed E-state index contributed by atoms with van der Waals surface area (Å²) in [7, 11) is 0. The number of hydrogen-bond donors (Lipinski definition) is 0. The molecule has 15 heavy (non-hydrogen) atoms. The van der Waals surface area contributed by atoms with Gasteiger partial charge in [-0.15, -0.1) is 0 Å². The summed E-state index contributed by atoms with van der Waals surface area (Å²) in [6, 6.07) is 21.4. The average molecular weight is 242 g/mol. The molecule has 0 spiro atoms. The van der Waals surface area contributed by atoms with Gasteiger partial charge in [0.05, 0.1) is 0 Å². The van der Waals surface area contributed by atoms with E-state index in [2.05, 4.69) is 60.7 Å². The molecular formula is C14H10Cu. The normalized spacial score (nSPS) is 10.1. The molecule has 0 N–H and O–H groups in total. The van der Waals surface area contributed by atoms with Gasteiger partial charge in [0.1, 0.15) is 0 Å². The molecule has 0 fully saturated rings. The van der Waals surface area contributed by atoms with Gasteiger partial charge in [0.2, 0.25) is 0 Å². The minimum Gasteiger partial charge on any atom is -0.0616 e. The Hall–Kier alpha value is -1.30. The van der Waals surface area contributed by atoms with Crippen LogP contribution < -0.4 is 0 Å². The molecule has 0 aliphatic rings. The van der Waals surface area contributed by atoms with Crippen LogP contribution in [0.2, 0.25) is 0 Å². The average Bonchev–Trinajstić information content (AvgIpc) is 2.26. The summed E-state index contributed by atoms with van der Waals surface area (Å²) in [5.41, 5.74) is 0. The van der Waals surface area contributed by atoms with Crippen LogP contribution in [0.1, 0.15) is 0 Å². The van der Waals surface area contributed by atoms with Gasteiger partial charge in [-0.2, -0.15) is 0 Å². The Morgan fingerprint density at radius 3 is 1.00 bits per heavy atom. The molecule has 0 unspecified atom stereocenters. The third-order valence-electron chi connectivity index (χ3n) is 2.61. The van der Waals surface area contributed by atoms with Crippen molar-refractivity contribution in [3.8, 4) is 0 Å². The molecule has 0 nitrogen and oxygen atoms in total. The molecule has 0 atom stereocenters. The van der Waals surface area contributed by atoms with Crippen LogP contribution in [0.25, 0.3) is 21.5 Å². The van der Waals surface area contributed by atoms with Crippen LogP contribution in [-0.2, 0) is 17.1 Å². The van der Waals surface area contributed by atoms with Crippen LogP contribution in [0.15, 0.2) is 60.7 Å². The van der Waals surface area contributed by atoms with Gasteiger partial charge in [-0.05, 0) is 33.7 Å². The summed E-state index contributed by atoms with van der Waals surface area (Å²) in [4.78, 5) is 0. The van der Waals surface area contributed by atoms with Crippen LogP contribution in [0, 0.1) is 0 Å². The number of rotatable bonds is 0. The third-order valence-corrected chi connectivity index (χ3v) is 2.61. The fraction of sp³-hybridized carbons (Fsp3) is 0. The maximum absolute atomic E-state index is 2.24. The Morgan fingerprint density at radius 1 is 0.467 bits per heavy atom. The van der Waals surface area contributed by atoms with Crippen LogP contribution in [0.3, 0.4) is 0 Å². The van der Waals surface area contributed by atoms with Gasteiger partial charge in [-0.25, -0.2) is 0 Å². The van der Waals surface area contributed by atoms with Gasteiger partial charge < -0.3 is 0 Å². The van der Waals surface area contributed by atoms with Crippen molar-refractivity contribution in [2.45, 2.75) is 0 Å². The van der Waals surface area contributed by atoms with Gasteiger partial charge in [0, 0.05) is 17.1 Å².